The van der Waals surface area contributed by atoms with Crippen molar-refractivity contribution < 1.29 is 27.4 Å². The lowest BCUT2D eigenvalue weighted by Crippen LogP contribution is -2.44. The Balaban J connectivity index is 1.85. The van der Waals surface area contributed by atoms with Gasteiger partial charge < -0.3 is 14.4 Å². The number of alkyl halides is 3. The molecule has 1 saturated heterocycles. The zero-order valence-electron chi connectivity index (χ0n) is 14.7. The molecule has 7 heteroatoms. The Bertz CT molecular complexity index is 579. The summed E-state index contributed by atoms with van der Waals surface area (Å²) in [6.07, 6.45) is -2.94. The van der Waals surface area contributed by atoms with Crippen LogP contribution in [-0.2, 0) is 10.9 Å². The van der Waals surface area contributed by atoms with Crippen LogP contribution in [0.5, 0.6) is 5.75 Å². The van der Waals surface area contributed by atoms with Gasteiger partial charge in [-0.1, -0.05) is 0 Å². The van der Waals surface area contributed by atoms with Crippen molar-refractivity contribution in [2.45, 2.75) is 45.4 Å². The van der Waals surface area contributed by atoms with Gasteiger partial charge in [-0.2, -0.15) is 13.2 Å². The first-order chi connectivity index (χ1) is 11.5. The fourth-order valence-corrected chi connectivity index (χ4v) is 2.65. The number of rotatable bonds is 3. The standard InChI is InChI=1S/C18H24F3NO3/c1-17(2,3)25-16(23)22-10-4-5-13(11-22)12-24-15-8-6-14(7-9-15)18(19,20)21/h6-9,13H,4-5,10-12H2,1-3H3. The average Bonchev–Trinajstić information content (AvgIpc) is 2.51. The van der Waals surface area contributed by atoms with Gasteiger partial charge in [0.2, 0.25) is 0 Å². The van der Waals surface area contributed by atoms with Crippen LogP contribution in [0.1, 0.15) is 39.2 Å². The van der Waals surface area contributed by atoms with E-state index < -0.39 is 17.3 Å². The highest BCUT2D eigenvalue weighted by atomic mass is 19.4. The lowest BCUT2D eigenvalue weighted by molar-refractivity contribution is -0.137. The SMILES string of the molecule is CC(C)(C)OC(=O)N1CCCC(COc2ccc(C(F)(F)F)cc2)C1. The van der Waals surface area contributed by atoms with Gasteiger partial charge >= 0.3 is 12.3 Å². The molecule has 4 nitrogen and oxygen atoms in total. The molecule has 0 N–H and O–H groups in total. The fraction of sp³-hybridized carbons (Fsp3) is 0.611. The van der Waals surface area contributed by atoms with Gasteiger partial charge in [0.25, 0.3) is 0 Å². The molecule has 1 fully saturated rings. The normalized spacial score (nSPS) is 18.8. The first kappa shape index (κ1) is 19.4. The fourth-order valence-electron chi connectivity index (χ4n) is 2.65. The molecular formula is C18H24F3NO3. The third-order valence-electron chi connectivity index (χ3n) is 3.84. The molecule has 1 heterocycles. The molecule has 1 aliphatic rings. The Morgan fingerprint density at radius 2 is 1.84 bits per heavy atom. The monoisotopic (exact) mass is 359 g/mol. The van der Waals surface area contributed by atoms with Gasteiger partial charge in [0.15, 0.2) is 0 Å². The first-order valence-corrected chi connectivity index (χ1v) is 8.32. The van der Waals surface area contributed by atoms with E-state index in [1.54, 1.807) is 4.90 Å². The minimum atomic E-state index is -4.35. The summed E-state index contributed by atoms with van der Waals surface area (Å²) in [7, 11) is 0. The lowest BCUT2D eigenvalue weighted by atomic mass is 9.99. The molecule has 1 unspecified atom stereocenters. The van der Waals surface area contributed by atoms with Crippen LogP contribution in [0.3, 0.4) is 0 Å². The predicted octanol–water partition coefficient (Wildman–Crippen LogP) is 4.73. The minimum Gasteiger partial charge on any atom is -0.493 e. The van der Waals surface area contributed by atoms with E-state index >= 15 is 0 Å². The number of carbonyl (C=O) groups is 1. The Morgan fingerprint density at radius 3 is 2.40 bits per heavy atom. The van der Waals surface area contributed by atoms with Gasteiger partial charge in [0.05, 0.1) is 12.2 Å². The number of benzene rings is 1. The number of likely N-dealkylation sites (tertiary alicyclic amines) is 1. The van der Waals surface area contributed by atoms with Gasteiger partial charge in [-0.05, 0) is 57.9 Å². The van der Waals surface area contributed by atoms with Crippen molar-refractivity contribution in [3.63, 3.8) is 0 Å². The van der Waals surface area contributed by atoms with E-state index in [1.807, 2.05) is 20.8 Å². The summed E-state index contributed by atoms with van der Waals surface area (Å²) in [6.45, 7) is 6.98. The largest absolute Gasteiger partial charge is 0.493 e. The van der Waals surface area contributed by atoms with Crippen molar-refractivity contribution in [1.82, 2.24) is 4.90 Å². The van der Waals surface area contributed by atoms with Crippen LogP contribution in [-0.4, -0.2) is 36.3 Å². The lowest BCUT2D eigenvalue weighted by Gasteiger charge is -2.34. The Kier molecular flexibility index (Phi) is 5.85. The second kappa shape index (κ2) is 7.54. The van der Waals surface area contributed by atoms with Crippen LogP contribution in [0, 0.1) is 5.92 Å². The summed E-state index contributed by atoms with van der Waals surface area (Å²) in [5.41, 5.74) is -1.24. The minimum absolute atomic E-state index is 0.128. The summed E-state index contributed by atoms with van der Waals surface area (Å²) in [5.74, 6) is 0.519. The number of amides is 1. The predicted molar refractivity (Wildman–Crippen MR) is 87.5 cm³/mol. The molecule has 1 atom stereocenters. The molecule has 140 valence electrons. The maximum atomic E-state index is 12.5. The van der Waals surface area contributed by atoms with Crippen LogP contribution in [0.25, 0.3) is 0 Å². The summed E-state index contributed by atoms with van der Waals surface area (Å²) < 4.78 is 48.6. The number of nitrogens with zero attached hydrogens (tertiary/aromatic N) is 1. The summed E-state index contributed by atoms with van der Waals surface area (Å²) in [4.78, 5) is 13.8. The summed E-state index contributed by atoms with van der Waals surface area (Å²) >= 11 is 0. The summed E-state index contributed by atoms with van der Waals surface area (Å²) in [6, 6.07) is 4.64. The van der Waals surface area contributed by atoms with Gasteiger partial charge in [-0.3, -0.25) is 0 Å². The Morgan fingerprint density at radius 1 is 1.20 bits per heavy atom. The van der Waals surface area contributed by atoms with Crippen molar-refractivity contribution in [2.75, 3.05) is 19.7 Å². The van der Waals surface area contributed by atoms with Gasteiger partial charge in [-0.15, -0.1) is 0 Å². The molecule has 2 rings (SSSR count). The van der Waals surface area contributed by atoms with E-state index in [9.17, 15) is 18.0 Å². The maximum Gasteiger partial charge on any atom is 0.416 e. The van der Waals surface area contributed by atoms with E-state index in [4.69, 9.17) is 9.47 Å². The van der Waals surface area contributed by atoms with Crippen molar-refractivity contribution >= 4 is 6.09 Å². The maximum absolute atomic E-state index is 12.5. The highest BCUT2D eigenvalue weighted by Gasteiger charge is 2.30. The number of piperidine rings is 1. The van der Waals surface area contributed by atoms with Gasteiger partial charge in [-0.25, -0.2) is 4.79 Å². The first-order valence-electron chi connectivity index (χ1n) is 8.32. The molecular weight excluding hydrogens is 335 g/mol. The van der Waals surface area contributed by atoms with E-state index in [0.717, 1.165) is 25.0 Å². The van der Waals surface area contributed by atoms with Crippen LogP contribution >= 0.6 is 0 Å². The second-order valence-electron chi connectivity index (χ2n) is 7.27. The van der Waals surface area contributed by atoms with Gasteiger partial charge in [0.1, 0.15) is 11.4 Å². The third kappa shape index (κ3) is 6.14. The van der Waals surface area contributed by atoms with Crippen LogP contribution in [0.15, 0.2) is 24.3 Å². The molecule has 1 aromatic carbocycles. The number of hydrogen-bond donors (Lipinski definition) is 0. The third-order valence-corrected chi connectivity index (χ3v) is 3.84. The molecule has 0 saturated carbocycles. The average molecular weight is 359 g/mol. The zero-order chi connectivity index (χ0) is 18.7. The van der Waals surface area contributed by atoms with E-state index in [1.165, 1.54) is 12.1 Å². The molecule has 0 radical (unpaired) electrons. The molecule has 1 aromatic rings. The zero-order valence-corrected chi connectivity index (χ0v) is 14.7. The van der Waals surface area contributed by atoms with E-state index in [2.05, 4.69) is 0 Å². The van der Waals surface area contributed by atoms with Gasteiger partial charge in [0, 0.05) is 19.0 Å². The molecule has 1 amide bonds. The number of carbonyl (C=O) groups excluding carboxylic acids is 1. The van der Waals surface area contributed by atoms with Crippen LogP contribution < -0.4 is 4.74 Å². The Labute approximate surface area is 145 Å². The molecule has 0 bridgehead atoms. The van der Waals surface area contributed by atoms with Crippen LogP contribution in [0.4, 0.5) is 18.0 Å². The molecule has 0 aliphatic carbocycles. The topological polar surface area (TPSA) is 38.8 Å². The quantitative estimate of drug-likeness (QED) is 0.783. The van der Waals surface area contributed by atoms with Crippen molar-refractivity contribution in [3.8, 4) is 5.75 Å². The molecule has 0 aromatic heterocycles. The van der Waals surface area contributed by atoms with Crippen LogP contribution in [0.2, 0.25) is 0 Å². The molecule has 25 heavy (non-hydrogen) atoms. The Hall–Kier alpha value is -1.92. The molecule has 0 spiro atoms. The number of halogens is 3. The highest BCUT2D eigenvalue weighted by molar-refractivity contribution is 5.68. The van der Waals surface area contributed by atoms with E-state index in [0.29, 0.717) is 25.4 Å². The second-order valence-corrected chi connectivity index (χ2v) is 7.27. The van der Waals surface area contributed by atoms with Crippen molar-refractivity contribution in [1.29, 1.82) is 0 Å². The number of hydrogen-bond acceptors (Lipinski definition) is 3. The highest BCUT2D eigenvalue weighted by Crippen LogP contribution is 2.30. The molecule has 1 aliphatic heterocycles. The van der Waals surface area contributed by atoms with E-state index in [-0.39, 0.29) is 12.0 Å². The number of ether oxygens (including phenoxy) is 2. The van der Waals surface area contributed by atoms with Crippen molar-refractivity contribution in [3.05, 3.63) is 29.8 Å². The smallest absolute Gasteiger partial charge is 0.416 e. The van der Waals surface area contributed by atoms with Crippen molar-refractivity contribution in [2.24, 2.45) is 5.92 Å². The summed E-state index contributed by atoms with van der Waals surface area (Å²) in [5, 5.41) is 0.